The molecule has 2 aromatic rings. The predicted molar refractivity (Wildman–Crippen MR) is 112 cm³/mol. The molecule has 1 fully saturated rings. The van der Waals surface area contributed by atoms with Crippen molar-refractivity contribution >= 4 is 43.5 Å². The van der Waals surface area contributed by atoms with E-state index < -0.39 is 10.0 Å². The summed E-state index contributed by atoms with van der Waals surface area (Å²) in [5, 5.41) is 3.17. The van der Waals surface area contributed by atoms with E-state index in [2.05, 4.69) is 21.2 Å². The van der Waals surface area contributed by atoms with Crippen molar-refractivity contribution in [2.24, 2.45) is 0 Å². The summed E-state index contributed by atoms with van der Waals surface area (Å²) >= 11 is 9.42. The minimum Gasteiger partial charge on any atom is -0.379 e. The lowest BCUT2D eigenvalue weighted by atomic mass is 10.1. The van der Waals surface area contributed by atoms with E-state index in [1.54, 1.807) is 30.3 Å². The van der Waals surface area contributed by atoms with Crippen LogP contribution in [0.3, 0.4) is 0 Å². The Morgan fingerprint density at radius 1 is 1.14 bits per heavy atom. The van der Waals surface area contributed by atoms with E-state index in [-0.39, 0.29) is 18.2 Å². The molecule has 150 valence electrons. The van der Waals surface area contributed by atoms with Crippen LogP contribution in [0.15, 0.2) is 46.9 Å². The molecule has 1 amide bonds. The third-order valence-electron chi connectivity index (χ3n) is 4.43. The summed E-state index contributed by atoms with van der Waals surface area (Å²) < 4.78 is 32.8. The molecule has 0 saturated carbocycles. The Morgan fingerprint density at radius 2 is 1.82 bits per heavy atom. The van der Waals surface area contributed by atoms with Crippen molar-refractivity contribution in [3.8, 4) is 0 Å². The zero-order valence-corrected chi connectivity index (χ0v) is 18.2. The predicted octanol–water partition coefficient (Wildman–Crippen LogP) is 3.19. The number of carbonyl (C=O) groups is 1. The third kappa shape index (κ3) is 5.33. The lowest BCUT2D eigenvalue weighted by Crippen LogP contribution is -2.41. The molecular weight excluding hydrogens is 468 g/mol. The van der Waals surface area contributed by atoms with E-state index in [0.29, 0.717) is 42.5 Å². The fourth-order valence-electron chi connectivity index (χ4n) is 2.93. The van der Waals surface area contributed by atoms with Gasteiger partial charge in [-0.25, -0.2) is 8.42 Å². The van der Waals surface area contributed by atoms with Crippen molar-refractivity contribution in [2.75, 3.05) is 26.3 Å². The van der Waals surface area contributed by atoms with Gasteiger partial charge in [-0.2, -0.15) is 4.31 Å². The minimum absolute atomic E-state index is 0.114. The Bertz CT molecular complexity index is 962. The second kappa shape index (κ2) is 9.37. The number of carbonyl (C=O) groups excluding carboxylic acids is 1. The summed E-state index contributed by atoms with van der Waals surface area (Å²) in [7, 11) is -3.45. The summed E-state index contributed by atoms with van der Waals surface area (Å²) in [6.07, 6.45) is 0. The first-order chi connectivity index (χ1) is 13.4. The first kappa shape index (κ1) is 21.3. The van der Waals surface area contributed by atoms with Crippen molar-refractivity contribution in [1.29, 1.82) is 0 Å². The number of hydrogen-bond donors (Lipinski definition) is 1. The fraction of sp³-hybridized carbons (Fsp3) is 0.316. The molecule has 0 radical (unpaired) electrons. The number of sulfonamides is 1. The second-order valence-electron chi connectivity index (χ2n) is 6.34. The molecule has 0 bridgehead atoms. The van der Waals surface area contributed by atoms with E-state index in [4.69, 9.17) is 16.3 Å². The SMILES string of the molecule is O=C(NCc1ccccc1CS(=O)(=O)N1CCOCC1)c1cc(Br)ccc1Cl. The minimum atomic E-state index is -3.45. The summed E-state index contributed by atoms with van der Waals surface area (Å²) in [6.45, 7) is 1.75. The van der Waals surface area contributed by atoms with Crippen LogP contribution in [0.4, 0.5) is 0 Å². The molecule has 0 aliphatic carbocycles. The highest BCUT2D eigenvalue weighted by Gasteiger charge is 2.25. The number of benzene rings is 2. The highest BCUT2D eigenvalue weighted by molar-refractivity contribution is 9.10. The molecule has 1 heterocycles. The van der Waals surface area contributed by atoms with Gasteiger partial charge in [-0.15, -0.1) is 0 Å². The first-order valence-corrected chi connectivity index (χ1v) is 11.5. The Hall–Kier alpha value is -1.45. The number of amides is 1. The molecule has 1 aliphatic rings. The van der Waals surface area contributed by atoms with Gasteiger partial charge in [0.2, 0.25) is 10.0 Å². The molecule has 0 aromatic heterocycles. The van der Waals surface area contributed by atoms with Crippen LogP contribution in [0.25, 0.3) is 0 Å². The highest BCUT2D eigenvalue weighted by Crippen LogP contribution is 2.21. The number of nitrogens with zero attached hydrogens (tertiary/aromatic N) is 1. The zero-order chi connectivity index (χ0) is 20.1. The van der Waals surface area contributed by atoms with Crippen molar-refractivity contribution in [1.82, 2.24) is 9.62 Å². The number of halogens is 2. The van der Waals surface area contributed by atoms with Crippen LogP contribution in [0.5, 0.6) is 0 Å². The van der Waals surface area contributed by atoms with Crippen molar-refractivity contribution in [2.45, 2.75) is 12.3 Å². The smallest absolute Gasteiger partial charge is 0.253 e. The second-order valence-corrected chi connectivity index (χ2v) is 9.63. The molecule has 9 heteroatoms. The molecule has 0 unspecified atom stereocenters. The monoisotopic (exact) mass is 486 g/mol. The normalized spacial score (nSPS) is 15.4. The van der Waals surface area contributed by atoms with Gasteiger partial charge in [0.1, 0.15) is 0 Å². The molecule has 6 nitrogen and oxygen atoms in total. The number of hydrogen-bond acceptors (Lipinski definition) is 4. The zero-order valence-electron chi connectivity index (χ0n) is 15.0. The Kier molecular flexibility index (Phi) is 7.11. The van der Waals surface area contributed by atoms with Crippen molar-refractivity contribution in [3.63, 3.8) is 0 Å². The van der Waals surface area contributed by atoms with Crippen LogP contribution in [0.1, 0.15) is 21.5 Å². The lowest BCUT2D eigenvalue weighted by molar-refractivity contribution is 0.0729. The van der Waals surface area contributed by atoms with E-state index in [1.165, 1.54) is 4.31 Å². The maximum Gasteiger partial charge on any atom is 0.253 e. The summed E-state index contributed by atoms with van der Waals surface area (Å²) in [5.41, 5.74) is 1.77. The van der Waals surface area contributed by atoms with Gasteiger partial charge in [-0.05, 0) is 29.3 Å². The highest BCUT2D eigenvalue weighted by atomic mass is 79.9. The van der Waals surface area contributed by atoms with Crippen LogP contribution in [-0.4, -0.2) is 44.9 Å². The topological polar surface area (TPSA) is 75.7 Å². The molecule has 1 aliphatic heterocycles. The van der Waals surface area contributed by atoms with Crippen LogP contribution in [0.2, 0.25) is 5.02 Å². The molecule has 3 rings (SSSR count). The van der Waals surface area contributed by atoms with Gasteiger partial charge in [-0.1, -0.05) is 51.8 Å². The lowest BCUT2D eigenvalue weighted by Gasteiger charge is -2.26. The van der Waals surface area contributed by atoms with Gasteiger partial charge in [0, 0.05) is 24.1 Å². The third-order valence-corrected chi connectivity index (χ3v) is 7.08. The van der Waals surface area contributed by atoms with Gasteiger partial charge in [0.25, 0.3) is 5.91 Å². The van der Waals surface area contributed by atoms with Crippen LogP contribution < -0.4 is 5.32 Å². The van der Waals surface area contributed by atoms with Gasteiger partial charge in [0.15, 0.2) is 0 Å². The van der Waals surface area contributed by atoms with Crippen LogP contribution >= 0.6 is 27.5 Å². The van der Waals surface area contributed by atoms with Gasteiger partial charge < -0.3 is 10.1 Å². The van der Waals surface area contributed by atoms with E-state index in [0.717, 1.165) is 10.0 Å². The number of ether oxygens (including phenoxy) is 1. The Labute approximate surface area is 178 Å². The van der Waals surface area contributed by atoms with Gasteiger partial charge in [-0.3, -0.25) is 4.79 Å². The molecule has 1 N–H and O–H groups in total. The quantitative estimate of drug-likeness (QED) is 0.679. The van der Waals surface area contributed by atoms with E-state index >= 15 is 0 Å². The molecular formula is C19H20BrClN2O4S. The van der Waals surface area contributed by atoms with Crippen LogP contribution in [0, 0.1) is 0 Å². The fourth-order valence-corrected chi connectivity index (χ4v) is 5.05. The Morgan fingerprint density at radius 3 is 2.54 bits per heavy atom. The number of rotatable bonds is 6. The molecule has 2 aromatic carbocycles. The first-order valence-electron chi connectivity index (χ1n) is 8.72. The molecule has 0 spiro atoms. The maximum absolute atomic E-state index is 12.7. The number of morpholine rings is 1. The van der Waals surface area contributed by atoms with E-state index in [1.807, 2.05) is 12.1 Å². The number of nitrogens with one attached hydrogen (secondary N) is 1. The van der Waals surface area contributed by atoms with Crippen LogP contribution in [-0.2, 0) is 27.1 Å². The summed E-state index contributed by atoms with van der Waals surface area (Å²) in [4.78, 5) is 12.5. The maximum atomic E-state index is 12.7. The Balaban J connectivity index is 1.72. The van der Waals surface area contributed by atoms with Gasteiger partial charge >= 0.3 is 0 Å². The largest absolute Gasteiger partial charge is 0.379 e. The molecule has 28 heavy (non-hydrogen) atoms. The van der Waals surface area contributed by atoms with Gasteiger partial charge in [0.05, 0.1) is 29.6 Å². The average molecular weight is 488 g/mol. The van der Waals surface area contributed by atoms with Crippen molar-refractivity contribution in [3.05, 3.63) is 68.7 Å². The summed E-state index contributed by atoms with van der Waals surface area (Å²) in [5.74, 6) is -0.436. The molecule has 1 saturated heterocycles. The van der Waals surface area contributed by atoms with Crippen molar-refractivity contribution < 1.29 is 17.9 Å². The summed E-state index contributed by atoms with van der Waals surface area (Å²) in [6, 6.07) is 12.2. The average Bonchev–Trinajstić information content (AvgIpc) is 2.69. The van der Waals surface area contributed by atoms with E-state index in [9.17, 15) is 13.2 Å². The standard InChI is InChI=1S/C19H20BrClN2O4S/c20-16-5-6-18(21)17(11-16)19(24)22-12-14-3-1-2-4-15(14)13-28(25,26)23-7-9-27-10-8-23/h1-6,11H,7-10,12-13H2,(H,22,24). The molecule has 0 atom stereocenters.